The summed E-state index contributed by atoms with van der Waals surface area (Å²) in [5.41, 5.74) is 0. The molecule has 94 valence electrons. The van der Waals surface area contributed by atoms with Crippen molar-refractivity contribution in [3.63, 3.8) is 0 Å². The SMILES string of the molecule is CC(=O)C(NC(=O)CSC(C)CO)C(C)C. The van der Waals surface area contributed by atoms with Crippen LogP contribution in [-0.4, -0.2) is 40.4 Å². The first-order chi connectivity index (χ1) is 7.38. The fourth-order valence-electron chi connectivity index (χ4n) is 1.22. The second-order valence-electron chi connectivity index (χ2n) is 4.20. The Labute approximate surface area is 101 Å². The first-order valence-corrected chi connectivity index (χ1v) is 6.45. The van der Waals surface area contributed by atoms with Gasteiger partial charge in [0.2, 0.25) is 5.91 Å². The molecule has 0 aliphatic carbocycles. The third-order valence-electron chi connectivity index (χ3n) is 2.18. The molecule has 16 heavy (non-hydrogen) atoms. The summed E-state index contributed by atoms with van der Waals surface area (Å²) in [7, 11) is 0. The molecule has 5 heteroatoms. The molecule has 2 atom stereocenters. The Morgan fingerprint density at radius 2 is 1.88 bits per heavy atom. The van der Waals surface area contributed by atoms with Gasteiger partial charge in [0.05, 0.1) is 18.4 Å². The number of Topliss-reactive ketones (excluding diaryl/α,β-unsaturated/α-hetero) is 1. The van der Waals surface area contributed by atoms with Crippen molar-refractivity contribution in [2.45, 2.75) is 39.0 Å². The number of ketones is 1. The normalized spacial score (nSPS) is 14.6. The van der Waals surface area contributed by atoms with Crippen LogP contribution in [0.5, 0.6) is 0 Å². The van der Waals surface area contributed by atoms with E-state index in [-0.39, 0.29) is 35.2 Å². The smallest absolute Gasteiger partial charge is 0.230 e. The monoisotopic (exact) mass is 247 g/mol. The lowest BCUT2D eigenvalue weighted by molar-refractivity contribution is -0.126. The van der Waals surface area contributed by atoms with Crippen molar-refractivity contribution in [3.05, 3.63) is 0 Å². The Morgan fingerprint density at radius 1 is 1.31 bits per heavy atom. The van der Waals surface area contributed by atoms with Crippen LogP contribution in [0.25, 0.3) is 0 Å². The summed E-state index contributed by atoms with van der Waals surface area (Å²) in [4.78, 5) is 22.8. The van der Waals surface area contributed by atoms with Crippen LogP contribution in [0.4, 0.5) is 0 Å². The van der Waals surface area contributed by atoms with Crippen molar-refractivity contribution in [3.8, 4) is 0 Å². The highest BCUT2D eigenvalue weighted by molar-refractivity contribution is 8.00. The van der Waals surface area contributed by atoms with Gasteiger partial charge >= 0.3 is 0 Å². The first kappa shape index (κ1) is 15.4. The van der Waals surface area contributed by atoms with Crippen LogP contribution >= 0.6 is 11.8 Å². The molecule has 0 aliphatic rings. The Kier molecular flexibility index (Phi) is 7.42. The van der Waals surface area contributed by atoms with E-state index < -0.39 is 6.04 Å². The molecule has 0 rings (SSSR count). The Morgan fingerprint density at radius 3 is 2.25 bits per heavy atom. The average molecular weight is 247 g/mol. The second-order valence-corrected chi connectivity index (χ2v) is 5.63. The summed E-state index contributed by atoms with van der Waals surface area (Å²) < 4.78 is 0. The largest absolute Gasteiger partial charge is 0.395 e. The Hall–Kier alpha value is -0.550. The molecule has 0 aromatic heterocycles. The van der Waals surface area contributed by atoms with Gasteiger partial charge in [-0.05, 0) is 12.8 Å². The molecular formula is C11H21NO3S. The van der Waals surface area contributed by atoms with Crippen LogP contribution < -0.4 is 5.32 Å². The van der Waals surface area contributed by atoms with E-state index in [1.54, 1.807) is 0 Å². The fourth-order valence-corrected chi connectivity index (χ4v) is 1.85. The van der Waals surface area contributed by atoms with E-state index in [0.29, 0.717) is 0 Å². The highest BCUT2D eigenvalue weighted by Crippen LogP contribution is 2.09. The fraction of sp³-hybridized carbons (Fsp3) is 0.818. The molecule has 0 aromatic rings. The number of aliphatic hydroxyl groups excluding tert-OH is 1. The van der Waals surface area contributed by atoms with Crippen LogP contribution in [0.15, 0.2) is 0 Å². The third-order valence-corrected chi connectivity index (χ3v) is 3.32. The van der Waals surface area contributed by atoms with Gasteiger partial charge in [0.1, 0.15) is 0 Å². The van der Waals surface area contributed by atoms with E-state index >= 15 is 0 Å². The Balaban J connectivity index is 4.06. The summed E-state index contributed by atoms with van der Waals surface area (Å²) in [5.74, 6) is 0.197. The van der Waals surface area contributed by atoms with Gasteiger partial charge in [-0.1, -0.05) is 20.8 Å². The molecule has 0 radical (unpaired) electrons. The van der Waals surface area contributed by atoms with Crippen LogP contribution in [-0.2, 0) is 9.59 Å². The standard InChI is InChI=1S/C11H21NO3S/c1-7(2)11(9(4)14)12-10(15)6-16-8(3)5-13/h7-8,11,13H,5-6H2,1-4H3,(H,12,15). The van der Waals surface area contributed by atoms with Crippen LogP contribution in [0.3, 0.4) is 0 Å². The lowest BCUT2D eigenvalue weighted by atomic mass is 10.0. The number of rotatable bonds is 7. The second kappa shape index (κ2) is 7.68. The molecule has 0 fully saturated rings. The van der Waals surface area contributed by atoms with Crippen LogP contribution in [0.1, 0.15) is 27.7 Å². The zero-order chi connectivity index (χ0) is 12.7. The van der Waals surface area contributed by atoms with Gasteiger partial charge in [0, 0.05) is 5.25 Å². The highest BCUT2D eigenvalue weighted by atomic mass is 32.2. The van der Waals surface area contributed by atoms with Crippen LogP contribution in [0, 0.1) is 5.92 Å². The summed E-state index contributed by atoms with van der Waals surface area (Å²) in [5, 5.41) is 11.5. The van der Waals surface area contributed by atoms with Gasteiger partial charge < -0.3 is 10.4 Å². The number of thioether (sulfide) groups is 1. The molecule has 0 aromatic carbocycles. The first-order valence-electron chi connectivity index (χ1n) is 5.40. The van der Waals surface area contributed by atoms with Crippen LogP contribution in [0.2, 0.25) is 0 Å². The lowest BCUT2D eigenvalue weighted by Gasteiger charge is -2.19. The summed E-state index contributed by atoms with van der Waals surface area (Å²) in [6.07, 6.45) is 0. The molecule has 0 bridgehead atoms. The van der Waals surface area contributed by atoms with Crippen molar-refractivity contribution in [1.29, 1.82) is 0 Å². The maximum atomic E-state index is 11.5. The van der Waals surface area contributed by atoms with Crippen molar-refractivity contribution in [2.24, 2.45) is 5.92 Å². The van der Waals surface area contributed by atoms with Gasteiger partial charge in [0.15, 0.2) is 5.78 Å². The summed E-state index contributed by atoms with van der Waals surface area (Å²) in [6.45, 7) is 7.18. The van der Waals surface area contributed by atoms with E-state index in [2.05, 4.69) is 5.32 Å². The molecule has 0 aliphatic heterocycles. The van der Waals surface area contributed by atoms with E-state index in [9.17, 15) is 9.59 Å². The summed E-state index contributed by atoms with van der Waals surface area (Å²) in [6, 6.07) is -0.405. The minimum Gasteiger partial charge on any atom is -0.395 e. The quantitative estimate of drug-likeness (QED) is 0.699. The molecule has 1 amide bonds. The molecule has 2 N–H and O–H groups in total. The predicted octanol–water partition coefficient (Wildman–Crippen LogP) is 0.830. The molecule has 0 saturated heterocycles. The molecule has 2 unspecified atom stereocenters. The van der Waals surface area contributed by atoms with E-state index in [1.165, 1.54) is 18.7 Å². The lowest BCUT2D eigenvalue weighted by Crippen LogP contribution is -2.44. The third kappa shape index (κ3) is 6.12. The van der Waals surface area contributed by atoms with Crippen molar-refractivity contribution in [2.75, 3.05) is 12.4 Å². The van der Waals surface area contributed by atoms with Gasteiger partial charge in [-0.3, -0.25) is 9.59 Å². The zero-order valence-corrected chi connectivity index (χ0v) is 11.1. The van der Waals surface area contributed by atoms with Crippen molar-refractivity contribution in [1.82, 2.24) is 5.32 Å². The molecule has 4 nitrogen and oxygen atoms in total. The minimum absolute atomic E-state index is 0.0245. The van der Waals surface area contributed by atoms with Crippen molar-refractivity contribution >= 4 is 23.5 Å². The number of hydrogen-bond acceptors (Lipinski definition) is 4. The number of aliphatic hydroxyl groups is 1. The topological polar surface area (TPSA) is 66.4 Å². The number of carbonyl (C=O) groups is 2. The summed E-state index contributed by atoms with van der Waals surface area (Å²) >= 11 is 1.38. The highest BCUT2D eigenvalue weighted by Gasteiger charge is 2.20. The maximum Gasteiger partial charge on any atom is 0.230 e. The molecular weight excluding hydrogens is 226 g/mol. The number of nitrogens with one attached hydrogen (secondary N) is 1. The van der Waals surface area contributed by atoms with Gasteiger partial charge in [-0.15, -0.1) is 11.8 Å². The number of hydrogen-bond donors (Lipinski definition) is 2. The molecule has 0 heterocycles. The molecule has 0 spiro atoms. The molecule has 0 saturated carbocycles. The average Bonchev–Trinajstić information content (AvgIpc) is 2.21. The minimum atomic E-state index is -0.405. The van der Waals surface area contributed by atoms with Gasteiger partial charge in [0.25, 0.3) is 0 Å². The Bertz CT molecular complexity index is 243. The number of carbonyl (C=O) groups excluding carboxylic acids is 2. The van der Waals surface area contributed by atoms with E-state index in [4.69, 9.17) is 5.11 Å². The predicted molar refractivity (Wildman–Crippen MR) is 66.5 cm³/mol. The number of amides is 1. The van der Waals surface area contributed by atoms with E-state index in [1.807, 2.05) is 20.8 Å². The maximum absolute atomic E-state index is 11.5. The van der Waals surface area contributed by atoms with E-state index in [0.717, 1.165) is 0 Å². The van der Waals surface area contributed by atoms with Gasteiger partial charge in [-0.2, -0.15) is 0 Å². The zero-order valence-electron chi connectivity index (χ0n) is 10.3. The van der Waals surface area contributed by atoms with Gasteiger partial charge in [-0.25, -0.2) is 0 Å². The van der Waals surface area contributed by atoms with Crippen molar-refractivity contribution < 1.29 is 14.7 Å².